The fraction of sp³-hybridized carbons (Fsp3) is 0.462. The van der Waals surface area contributed by atoms with E-state index in [-0.39, 0.29) is 6.04 Å². The van der Waals surface area contributed by atoms with E-state index >= 15 is 0 Å². The highest BCUT2D eigenvalue weighted by atomic mass is 32.2. The molecule has 0 spiro atoms. The average molecular weight is 309 g/mol. The molecule has 2 N–H and O–H groups in total. The van der Waals surface area contributed by atoms with Crippen LogP contribution < -0.4 is 10.5 Å². The van der Waals surface area contributed by atoms with Gasteiger partial charge in [-0.05, 0) is 36.4 Å². The molecule has 0 saturated carbocycles. The van der Waals surface area contributed by atoms with Gasteiger partial charge in [-0.3, -0.25) is 4.21 Å². The Hall–Kier alpha value is -1.96. The van der Waals surface area contributed by atoms with Crippen LogP contribution in [0.3, 0.4) is 0 Å². The number of nitrogens with zero attached hydrogens (tertiary/aromatic N) is 4. The molecule has 0 aliphatic carbocycles. The predicted molar refractivity (Wildman–Crippen MR) is 82.5 cm³/mol. The van der Waals surface area contributed by atoms with Crippen LogP contribution in [0.2, 0.25) is 0 Å². The average Bonchev–Trinajstić information content (AvgIpc) is 2.87. The van der Waals surface area contributed by atoms with E-state index in [9.17, 15) is 4.21 Å². The molecular weight excluding hydrogens is 290 g/mol. The molecule has 2 rings (SSSR count). The van der Waals surface area contributed by atoms with Crippen molar-refractivity contribution in [3.8, 4) is 17.1 Å². The summed E-state index contributed by atoms with van der Waals surface area (Å²) < 4.78 is 18.7. The molecule has 0 amide bonds. The zero-order valence-electron chi connectivity index (χ0n) is 12.3. The molecule has 0 fully saturated rings. The summed E-state index contributed by atoms with van der Waals surface area (Å²) in [5.74, 6) is 1.63. The van der Waals surface area contributed by atoms with E-state index in [1.54, 1.807) is 17.0 Å². The van der Waals surface area contributed by atoms with Crippen LogP contribution in [0.5, 0.6) is 5.75 Å². The molecule has 2 atom stereocenters. The fourth-order valence-corrected chi connectivity index (χ4v) is 2.95. The monoisotopic (exact) mass is 309 g/mol. The van der Waals surface area contributed by atoms with Crippen LogP contribution >= 0.6 is 0 Å². The van der Waals surface area contributed by atoms with E-state index in [2.05, 4.69) is 15.5 Å². The molecule has 21 heavy (non-hydrogen) atoms. The molecule has 114 valence electrons. The van der Waals surface area contributed by atoms with E-state index in [4.69, 9.17) is 10.5 Å². The number of tetrazole rings is 1. The number of anilines is 1. The summed E-state index contributed by atoms with van der Waals surface area (Å²) >= 11 is 0. The van der Waals surface area contributed by atoms with Crippen molar-refractivity contribution in [1.29, 1.82) is 0 Å². The number of aromatic nitrogens is 4. The number of rotatable bonds is 6. The third-order valence-corrected chi connectivity index (χ3v) is 3.92. The minimum absolute atomic E-state index is 0.102. The van der Waals surface area contributed by atoms with Gasteiger partial charge in [0.1, 0.15) is 5.75 Å². The Kier molecular flexibility index (Phi) is 4.89. The molecule has 2 aromatic rings. The molecule has 1 aromatic heterocycles. The smallest absolute Gasteiger partial charge is 0.188 e. The molecule has 0 aliphatic heterocycles. The summed E-state index contributed by atoms with van der Waals surface area (Å²) in [6.07, 6.45) is 1.66. The minimum atomic E-state index is -0.938. The molecule has 0 radical (unpaired) electrons. The second-order valence-corrected chi connectivity index (χ2v) is 6.17. The quantitative estimate of drug-likeness (QED) is 0.807. The lowest BCUT2D eigenvalue weighted by molar-refractivity contribution is 0.341. The van der Waals surface area contributed by atoms with Gasteiger partial charge in [0, 0.05) is 28.5 Å². The molecule has 8 heteroatoms. The maximum absolute atomic E-state index is 11.4. The summed E-state index contributed by atoms with van der Waals surface area (Å²) in [5.41, 5.74) is 7.27. The first kappa shape index (κ1) is 15.4. The van der Waals surface area contributed by atoms with Crippen LogP contribution in [0.25, 0.3) is 11.4 Å². The summed E-state index contributed by atoms with van der Waals surface area (Å²) in [4.78, 5) is 0. The Balaban J connectivity index is 2.48. The second kappa shape index (κ2) is 6.66. The van der Waals surface area contributed by atoms with Crippen LogP contribution in [0.4, 0.5) is 5.69 Å². The van der Waals surface area contributed by atoms with Crippen molar-refractivity contribution in [2.24, 2.45) is 0 Å². The molecule has 0 saturated heterocycles. The van der Waals surface area contributed by atoms with E-state index < -0.39 is 10.8 Å². The van der Waals surface area contributed by atoms with Crippen molar-refractivity contribution in [1.82, 2.24) is 20.2 Å². The summed E-state index contributed by atoms with van der Waals surface area (Å²) in [6, 6.07) is 5.33. The molecule has 1 heterocycles. The first-order valence-electron chi connectivity index (χ1n) is 6.64. The van der Waals surface area contributed by atoms with E-state index in [1.165, 1.54) is 0 Å². The Morgan fingerprint density at radius 1 is 1.48 bits per heavy atom. The highest BCUT2D eigenvalue weighted by Gasteiger charge is 2.21. The zero-order valence-corrected chi connectivity index (χ0v) is 13.1. The van der Waals surface area contributed by atoms with Crippen LogP contribution in [0.1, 0.15) is 19.9 Å². The first-order chi connectivity index (χ1) is 10.0. The summed E-state index contributed by atoms with van der Waals surface area (Å²) in [5, 5.41) is 11.8. The highest BCUT2D eigenvalue weighted by molar-refractivity contribution is 7.84. The summed E-state index contributed by atoms with van der Waals surface area (Å²) in [7, 11) is -0.938. The normalized spacial score (nSPS) is 13.9. The Bertz CT molecular complexity index is 643. The Labute approximate surface area is 125 Å². The Morgan fingerprint density at radius 2 is 2.24 bits per heavy atom. The first-order valence-corrected chi connectivity index (χ1v) is 8.36. The highest BCUT2D eigenvalue weighted by Crippen LogP contribution is 2.34. The second-order valence-electron chi connectivity index (χ2n) is 4.69. The Morgan fingerprint density at radius 3 is 2.90 bits per heavy atom. The molecule has 0 aliphatic rings. The van der Waals surface area contributed by atoms with E-state index in [0.29, 0.717) is 35.2 Å². The van der Waals surface area contributed by atoms with Gasteiger partial charge in [0.25, 0.3) is 0 Å². The lowest BCUT2D eigenvalue weighted by atomic mass is 10.1. The standard InChI is InChI=1S/C13H19N5O2S/c1-4-20-11-7-5-6-10(14)12(11)13-15-16-17-18(13)9(2)8-21(3)19/h5-7,9H,4,8,14H2,1-3H3. The van der Waals surface area contributed by atoms with Crippen molar-refractivity contribution in [2.75, 3.05) is 24.3 Å². The van der Waals surface area contributed by atoms with E-state index in [0.717, 1.165) is 0 Å². The van der Waals surface area contributed by atoms with Crippen LogP contribution in [0.15, 0.2) is 18.2 Å². The van der Waals surface area contributed by atoms with E-state index in [1.807, 2.05) is 26.0 Å². The van der Waals surface area contributed by atoms with Gasteiger partial charge in [0.2, 0.25) is 0 Å². The maximum Gasteiger partial charge on any atom is 0.188 e. The van der Waals surface area contributed by atoms with Gasteiger partial charge in [-0.15, -0.1) is 5.10 Å². The van der Waals surface area contributed by atoms with Gasteiger partial charge < -0.3 is 10.5 Å². The topological polar surface area (TPSA) is 95.9 Å². The van der Waals surface area contributed by atoms with Crippen LogP contribution in [0, 0.1) is 0 Å². The van der Waals surface area contributed by atoms with Crippen molar-refractivity contribution < 1.29 is 8.95 Å². The van der Waals surface area contributed by atoms with Crippen molar-refractivity contribution in [3.63, 3.8) is 0 Å². The maximum atomic E-state index is 11.4. The van der Waals surface area contributed by atoms with Crippen LogP contribution in [-0.2, 0) is 10.8 Å². The van der Waals surface area contributed by atoms with Crippen LogP contribution in [-0.4, -0.2) is 43.0 Å². The van der Waals surface area contributed by atoms with Gasteiger partial charge in [0.15, 0.2) is 5.82 Å². The van der Waals surface area contributed by atoms with Gasteiger partial charge in [-0.2, -0.15) is 0 Å². The number of ether oxygens (including phenoxy) is 1. The van der Waals surface area contributed by atoms with Crippen molar-refractivity contribution in [3.05, 3.63) is 18.2 Å². The number of hydrogen-bond donors (Lipinski definition) is 1. The van der Waals surface area contributed by atoms with Crippen molar-refractivity contribution >= 4 is 16.5 Å². The van der Waals surface area contributed by atoms with Gasteiger partial charge >= 0.3 is 0 Å². The SMILES string of the molecule is CCOc1cccc(N)c1-c1nnnn1C(C)CS(C)=O. The molecule has 2 unspecified atom stereocenters. The number of hydrogen-bond acceptors (Lipinski definition) is 6. The third-order valence-electron chi connectivity index (χ3n) is 2.97. The largest absolute Gasteiger partial charge is 0.493 e. The lowest BCUT2D eigenvalue weighted by Crippen LogP contribution is -2.16. The fourth-order valence-electron chi connectivity index (χ4n) is 2.13. The van der Waals surface area contributed by atoms with Gasteiger partial charge in [-0.25, -0.2) is 4.68 Å². The van der Waals surface area contributed by atoms with Gasteiger partial charge in [0.05, 0.1) is 18.2 Å². The third kappa shape index (κ3) is 3.38. The number of benzene rings is 1. The number of nitrogens with two attached hydrogens (primary N) is 1. The molecular formula is C13H19N5O2S. The molecule has 7 nitrogen and oxygen atoms in total. The minimum Gasteiger partial charge on any atom is -0.493 e. The lowest BCUT2D eigenvalue weighted by Gasteiger charge is -2.15. The molecule has 1 aromatic carbocycles. The molecule has 0 bridgehead atoms. The zero-order chi connectivity index (χ0) is 15.4. The van der Waals surface area contributed by atoms with Crippen molar-refractivity contribution in [2.45, 2.75) is 19.9 Å². The van der Waals surface area contributed by atoms with Gasteiger partial charge in [-0.1, -0.05) is 6.07 Å². The number of nitrogen functional groups attached to an aromatic ring is 1. The summed E-state index contributed by atoms with van der Waals surface area (Å²) in [6.45, 7) is 4.34. The predicted octanol–water partition coefficient (Wildman–Crippen LogP) is 1.26.